The highest BCUT2D eigenvalue weighted by Crippen LogP contribution is 2.45. The second-order valence-corrected chi connectivity index (χ2v) is 9.11. The number of aromatic nitrogens is 4. The highest BCUT2D eigenvalue weighted by atomic mass is 35.5. The van der Waals surface area contributed by atoms with Crippen molar-refractivity contribution in [2.75, 3.05) is 5.75 Å². The van der Waals surface area contributed by atoms with E-state index in [9.17, 15) is 0 Å². The third-order valence-corrected chi connectivity index (χ3v) is 6.75. The molecule has 2 aliphatic rings. The van der Waals surface area contributed by atoms with Gasteiger partial charge >= 0.3 is 0 Å². The minimum Gasteiger partial charge on any atom is -0.348 e. The number of aryl methyl sites for hydroxylation is 1. The lowest BCUT2D eigenvalue weighted by atomic mass is 10.1. The Morgan fingerprint density at radius 1 is 1.14 bits per heavy atom. The van der Waals surface area contributed by atoms with Crippen molar-refractivity contribution in [2.24, 2.45) is 0 Å². The summed E-state index contributed by atoms with van der Waals surface area (Å²) in [5, 5.41) is 0.318. The van der Waals surface area contributed by atoms with E-state index in [0.717, 1.165) is 5.75 Å². The summed E-state index contributed by atoms with van der Waals surface area (Å²) in [4.78, 5) is 14.0. The zero-order valence-electron chi connectivity index (χ0n) is 16.3. The molecule has 0 N–H and O–H groups in total. The van der Waals surface area contributed by atoms with Crippen molar-refractivity contribution in [3.63, 3.8) is 0 Å². The Labute approximate surface area is 177 Å². The van der Waals surface area contributed by atoms with Crippen LogP contribution in [0.1, 0.15) is 25.6 Å². The van der Waals surface area contributed by atoms with Gasteiger partial charge in [-0.1, -0.05) is 29.8 Å². The van der Waals surface area contributed by atoms with E-state index in [1.165, 1.54) is 16.8 Å². The predicted molar refractivity (Wildman–Crippen MR) is 110 cm³/mol. The molecule has 3 aromatic rings. The third-order valence-electron chi connectivity index (χ3n) is 5.21. The van der Waals surface area contributed by atoms with Crippen LogP contribution in [0.2, 0.25) is 5.15 Å². The zero-order valence-corrected chi connectivity index (χ0v) is 17.9. The molecule has 152 valence electrons. The van der Waals surface area contributed by atoms with Crippen molar-refractivity contribution >= 4 is 34.5 Å². The highest BCUT2D eigenvalue weighted by molar-refractivity contribution is 7.99. The highest BCUT2D eigenvalue weighted by Gasteiger charge is 2.56. The number of imidazole rings is 1. The van der Waals surface area contributed by atoms with Gasteiger partial charge in [0.05, 0.1) is 12.4 Å². The number of hydrogen-bond acceptors (Lipinski definition) is 7. The molecule has 2 saturated heterocycles. The molecule has 2 aliphatic heterocycles. The van der Waals surface area contributed by atoms with Crippen molar-refractivity contribution in [2.45, 2.75) is 56.0 Å². The molecule has 7 nitrogen and oxygen atoms in total. The Morgan fingerprint density at radius 2 is 1.93 bits per heavy atom. The molecule has 4 atom stereocenters. The van der Waals surface area contributed by atoms with E-state index in [-0.39, 0.29) is 18.3 Å². The van der Waals surface area contributed by atoms with Crippen molar-refractivity contribution in [3.05, 3.63) is 47.6 Å². The van der Waals surface area contributed by atoms with Crippen LogP contribution >= 0.6 is 23.4 Å². The first-order chi connectivity index (χ1) is 13.9. The van der Waals surface area contributed by atoms with Crippen molar-refractivity contribution < 1.29 is 14.2 Å². The molecule has 9 heteroatoms. The average Bonchev–Trinajstić information content (AvgIpc) is 3.33. The lowest BCUT2D eigenvalue weighted by molar-refractivity contribution is -0.193. The number of ether oxygens (including phenoxy) is 3. The second kappa shape index (κ2) is 7.21. The van der Waals surface area contributed by atoms with E-state index in [0.29, 0.717) is 16.3 Å². The monoisotopic (exact) mass is 432 g/mol. The number of nitrogens with zero attached hydrogens (tertiary/aromatic N) is 4. The van der Waals surface area contributed by atoms with Gasteiger partial charge < -0.3 is 14.2 Å². The first kappa shape index (κ1) is 19.3. The van der Waals surface area contributed by atoms with Crippen molar-refractivity contribution in [1.82, 2.24) is 19.5 Å². The molecule has 0 spiro atoms. The maximum atomic E-state index is 6.42. The fourth-order valence-corrected chi connectivity index (χ4v) is 5.18. The summed E-state index contributed by atoms with van der Waals surface area (Å²) in [6, 6.07) is 8.34. The molecule has 2 aromatic heterocycles. The molecule has 2 fully saturated rings. The molecule has 0 bridgehead atoms. The molecule has 0 saturated carbocycles. The number of benzene rings is 1. The second-order valence-electron chi connectivity index (χ2n) is 7.69. The molecule has 0 amide bonds. The van der Waals surface area contributed by atoms with Gasteiger partial charge in [0.2, 0.25) is 0 Å². The van der Waals surface area contributed by atoms with Gasteiger partial charge in [0.25, 0.3) is 0 Å². The maximum absolute atomic E-state index is 6.42. The van der Waals surface area contributed by atoms with Crippen LogP contribution < -0.4 is 0 Å². The third kappa shape index (κ3) is 3.43. The molecule has 1 aromatic carbocycles. The van der Waals surface area contributed by atoms with E-state index in [4.69, 9.17) is 25.8 Å². The minimum absolute atomic E-state index is 0.133. The van der Waals surface area contributed by atoms with E-state index < -0.39 is 12.0 Å². The lowest BCUT2D eigenvalue weighted by Gasteiger charge is -2.24. The fraction of sp³-hybridized carbons (Fsp3) is 0.450. The first-order valence-corrected chi connectivity index (χ1v) is 10.8. The zero-order chi connectivity index (χ0) is 20.2. The maximum Gasteiger partial charge on any atom is 0.167 e. The van der Waals surface area contributed by atoms with Gasteiger partial charge in [0, 0.05) is 10.6 Å². The molecule has 0 unspecified atom stereocenters. The summed E-state index contributed by atoms with van der Waals surface area (Å²) in [5.41, 5.74) is 2.42. The normalized spacial score (nSPS) is 28.1. The predicted octanol–water partition coefficient (Wildman–Crippen LogP) is 4.00. The SMILES string of the molecule is Cc1ccccc1SC[C@H]1O[C@@H](n2cnc3c(Cl)ncnc32)[C@@H]2OC(C)(C)O[C@H]21. The van der Waals surface area contributed by atoms with Crippen LogP contribution in [0.5, 0.6) is 0 Å². The molecule has 4 heterocycles. The molecule has 29 heavy (non-hydrogen) atoms. The lowest BCUT2D eigenvalue weighted by Crippen LogP contribution is -2.31. The van der Waals surface area contributed by atoms with Gasteiger partial charge in [-0.2, -0.15) is 0 Å². The van der Waals surface area contributed by atoms with Gasteiger partial charge in [-0.15, -0.1) is 11.8 Å². The van der Waals surface area contributed by atoms with Crippen LogP contribution in [-0.4, -0.2) is 49.4 Å². The Kier molecular flexibility index (Phi) is 4.79. The number of halogens is 1. The van der Waals surface area contributed by atoms with Crippen LogP contribution in [0, 0.1) is 6.92 Å². The quantitative estimate of drug-likeness (QED) is 0.455. The number of thioether (sulfide) groups is 1. The summed E-state index contributed by atoms with van der Waals surface area (Å²) in [7, 11) is 0. The molecular formula is C20H21ClN4O3S. The molecule has 5 rings (SSSR count). The van der Waals surface area contributed by atoms with Crippen LogP contribution in [-0.2, 0) is 14.2 Å². The van der Waals surface area contributed by atoms with Gasteiger partial charge in [-0.25, -0.2) is 15.0 Å². The summed E-state index contributed by atoms with van der Waals surface area (Å²) < 4.78 is 20.7. The Hall–Kier alpha value is -1.71. The average molecular weight is 433 g/mol. The summed E-state index contributed by atoms with van der Waals surface area (Å²) in [6.07, 6.45) is 2.13. The minimum atomic E-state index is -0.675. The summed E-state index contributed by atoms with van der Waals surface area (Å²) >= 11 is 7.93. The van der Waals surface area contributed by atoms with Gasteiger partial charge in [-0.3, -0.25) is 4.57 Å². The number of hydrogen-bond donors (Lipinski definition) is 0. The van der Waals surface area contributed by atoms with E-state index in [1.54, 1.807) is 18.1 Å². The van der Waals surface area contributed by atoms with Crippen LogP contribution in [0.15, 0.2) is 41.8 Å². The number of rotatable bonds is 4. The van der Waals surface area contributed by atoms with Crippen LogP contribution in [0.25, 0.3) is 11.2 Å². The molecular weight excluding hydrogens is 412 g/mol. The Bertz CT molecular complexity index is 1060. The summed E-state index contributed by atoms with van der Waals surface area (Å²) in [5.74, 6) is 0.0797. The summed E-state index contributed by atoms with van der Waals surface area (Å²) in [6.45, 7) is 5.97. The smallest absolute Gasteiger partial charge is 0.167 e. The molecule has 0 radical (unpaired) electrons. The standard InChI is InChI=1S/C20H21ClN4O3S/c1-11-6-4-5-7-13(11)29-8-12-15-16(28-20(2,3)27-15)19(26-12)25-10-24-14-17(21)22-9-23-18(14)25/h4-7,9-10,12,15-16,19H,8H2,1-3H3/t12-,15+,16-,19-/m1/s1. The number of fused-ring (bicyclic) bond motifs is 2. The van der Waals surface area contributed by atoms with E-state index >= 15 is 0 Å². The Morgan fingerprint density at radius 3 is 2.76 bits per heavy atom. The largest absolute Gasteiger partial charge is 0.348 e. The van der Waals surface area contributed by atoms with Crippen molar-refractivity contribution in [1.29, 1.82) is 0 Å². The van der Waals surface area contributed by atoms with Gasteiger partial charge in [-0.05, 0) is 32.4 Å². The van der Waals surface area contributed by atoms with E-state index in [1.807, 2.05) is 24.5 Å². The van der Waals surface area contributed by atoms with Crippen LogP contribution in [0.3, 0.4) is 0 Å². The fourth-order valence-electron chi connectivity index (χ4n) is 3.92. The Balaban J connectivity index is 1.44. The van der Waals surface area contributed by atoms with Crippen molar-refractivity contribution in [3.8, 4) is 0 Å². The topological polar surface area (TPSA) is 71.3 Å². The van der Waals surface area contributed by atoms with E-state index in [2.05, 4.69) is 40.1 Å². The molecule has 0 aliphatic carbocycles. The first-order valence-electron chi connectivity index (χ1n) is 9.45. The van der Waals surface area contributed by atoms with Gasteiger partial charge in [0.1, 0.15) is 24.1 Å². The van der Waals surface area contributed by atoms with Crippen LogP contribution in [0.4, 0.5) is 0 Å². The van der Waals surface area contributed by atoms with Gasteiger partial charge in [0.15, 0.2) is 22.8 Å².